The molecule has 0 radical (unpaired) electrons. The van der Waals surface area contributed by atoms with Gasteiger partial charge in [0.1, 0.15) is 0 Å². The molecule has 0 aliphatic rings. The third-order valence-corrected chi connectivity index (χ3v) is 3.81. The maximum atomic E-state index is 3.49. The van der Waals surface area contributed by atoms with E-state index >= 15 is 0 Å². The van der Waals surface area contributed by atoms with Gasteiger partial charge in [-0.3, -0.25) is 0 Å². The van der Waals surface area contributed by atoms with E-state index in [0.29, 0.717) is 6.04 Å². The average molecular weight is 242 g/mol. The van der Waals surface area contributed by atoms with E-state index in [2.05, 4.69) is 45.0 Å². The third kappa shape index (κ3) is 7.77. The zero-order valence-electron chi connectivity index (χ0n) is 12.8. The van der Waals surface area contributed by atoms with Crippen LogP contribution in [0.4, 0.5) is 0 Å². The molecule has 0 fully saturated rings. The van der Waals surface area contributed by atoms with Gasteiger partial charge in [-0.25, -0.2) is 0 Å². The summed E-state index contributed by atoms with van der Waals surface area (Å²) >= 11 is 0. The van der Waals surface area contributed by atoms with E-state index in [4.69, 9.17) is 0 Å². The molecule has 104 valence electrons. The summed E-state index contributed by atoms with van der Waals surface area (Å²) in [5.41, 5.74) is 0. The minimum atomic E-state index is 0.647. The van der Waals surface area contributed by atoms with Crippen LogP contribution in [0.15, 0.2) is 0 Å². The van der Waals surface area contributed by atoms with Gasteiger partial charge in [0.2, 0.25) is 0 Å². The van der Waals surface area contributed by atoms with Crippen LogP contribution < -0.4 is 5.32 Å². The monoisotopic (exact) mass is 242 g/mol. The van der Waals surface area contributed by atoms with E-state index in [0.717, 1.165) is 5.92 Å². The summed E-state index contributed by atoms with van der Waals surface area (Å²) in [5.74, 6) is 0.769. The van der Waals surface area contributed by atoms with E-state index < -0.39 is 0 Å². The predicted octanol–water partition coefficient (Wildman–Crippen LogP) is 3.52. The minimum Gasteiger partial charge on any atom is -0.315 e. The minimum absolute atomic E-state index is 0.647. The van der Waals surface area contributed by atoms with Crippen LogP contribution in [0.25, 0.3) is 0 Å². The molecule has 0 aromatic heterocycles. The smallest absolute Gasteiger partial charge is 0.0217 e. The predicted molar refractivity (Wildman–Crippen MR) is 78.6 cm³/mol. The van der Waals surface area contributed by atoms with Crippen molar-refractivity contribution in [2.75, 3.05) is 26.7 Å². The normalized spacial score (nSPS) is 15.2. The fourth-order valence-corrected chi connectivity index (χ4v) is 2.18. The Labute approximate surface area is 109 Å². The van der Waals surface area contributed by atoms with E-state index in [1.165, 1.54) is 51.7 Å². The summed E-state index contributed by atoms with van der Waals surface area (Å²) in [6.45, 7) is 13.0. The number of hydrogen-bond donors (Lipinski definition) is 1. The SMILES string of the molecule is CCCCN(CCCC)CC(NC)C(C)CC. The standard InChI is InChI=1S/C15H34N2/c1-6-9-11-17(12-10-7-2)13-15(16-5)14(4)8-3/h14-16H,6-13H2,1-5H3. The highest BCUT2D eigenvalue weighted by molar-refractivity contribution is 4.75. The first-order valence-corrected chi connectivity index (χ1v) is 7.59. The molecule has 1 N–H and O–H groups in total. The number of nitrogens with one attached hydrogen (secondary N) is 1. The number of nitrogens with zero attached hydrogens (tertiary/aromatic N) is 1. The van der Waals surface area contributed by atoms with Gasteiger partial charge in [-0.15, -0.1) is 0 Å². The highest BCUT2D eigenvalue weighted by Gasteiger charge is 2.17. The quantitative estimate of drug-likeness (QED) is 0.596. The van der Waals surface area contributed by atoms with Crippen molar-refractivity contribution in [2.45, 2.75) is 65.8 Å². The molecule has 17 heavy (non-hydrogen) atoms. The molecule has 0 saturated heterocycles. The Bertz CT molecular complexity index is 151. The molecule has 0 spiro atoms. The van der Waals surface area contributed by atoms with E-state index in [9.17, 15) is 0 Å². The van der Waals surface area contributed by atoms with Crippen molar-refractivity contribution in [1.82, 2.24) is 10.2 Å². The van der Waals surface area contributed by atoms with Gasteiger partial charge >= 0.3 is 0 Å². The first-order valence-electron chi connectivity index (χ1n) is 7.59. The molecule has 2 heteroatoms. The van der Waals surface area contributed by atoms with Crippen molar-refractivity contribution >= 4 is 0 Å². The van der Waals surface area contributed by atoms with Crippen LogP contribution in [-0.2, 0) is 0 Å². The molecule has 0 aliphatic carbocycles. The van der Waals surface area contributed by atoms with Gasteiger partial charge in [0.25, 0.3) is 0 Å². The molecular weight excluding hydrogens is 208 g/mol. The van der Waals surface area contributed by atoms with Crippen LogP contribution in [0.3, 0.4) is 0 Å². The summed E-state index contributed by atoms with van der Waals surface area (Å²) in [4.78, 5) is 2.65. The van der Waals surface area contributed by atoms with Gasteiger partial charge in [-0.05, 0) is 38.9 Å². The largest absolute Gasteiger partial charge is 0.315 e. The summed E-state index contributed by atoms with van der Waals surface area (Å²) in [7, 11) is 2.11. The van der Waals surface area contributed by atoms with Crippen molar-refractivity contribution in [3.05, 3.63) is 0 Å². The van der Waals surface area contributed by atoms with Crippen molar-refractivity contribution in [3.8, 4) is 0 Å². The van der Waals surface area contributed by atoms with Gasteiger partial charge in [0.15, 0.2) is 0 Å². The van der Waals surface area contributed by atoms with Crippen molar-refractivity contribution in [2.24, 2.45) is 5.92 Å². The van der Waals surface area contributed by atoms with Crippen molar-refractivity contribution < 1.29 is 0 Å². The fraction of sp³-hybridized carbons (Fsp3) is 1.00. The molecule has 0 heterocycles. The van der Waals surface area contributed by atoms with Gasteiger partial charge in [0, 0.05) is 12.6 Å². The lowest BCUT2D eigenvalue weighted by atomic mass is 9.98. The van der Waals surface area contributed by atoms with Crippen LogP contribution in [0.5, 0.6) is 0 Å². The van der Waals surface area contributed by atoms with Gasteiger partial charge < -0.3 is 10.2 Å². The fourth-order valence-electron chi connectivity index (χ4n) is 2.18. The van der Waals surface area contributed by atoms with E-state index in [1.54, 1.807) is 0 Å². The van der Waals surface area contributed by atoms with Crippen LogP contribution in [0.2, 0.25) is 0 Å². The zero-order chi connectivity index (χ0) is 13.1. The molecule has 0 rings (SSSR count). The highest BCUT2D eigenvalue weighted by Crippen LogP contribution is 2.10. The van der Waals surface area contributed by atoms with Crippen LogP contribution in [0, 0.1) is 5.92 Å². The van der Waals surface area contributed by atoms with E-state index in [-0.39, 0.29) is 0 Å². The Morgan fingerprint density at radius 3 is 1.88 bits per heavy atom. The lowest BCUT2D eigenvalue weighted by Gasteiger charge is -2.30. The number of rotatable bonds is 11. The molecule has 0 bridgehead atoms. The lowest BCUT2D eigenvalue weighted by molar-refractivity contribution is 0.210. The van der Waals surface area contributed by atoms with Gasteiger partial charge in [0.05, 0.1) is 0 Å². The lowest BCUT2D eigenvalue weighted by Crippen LogP contribution is -2.44. The highest BCUT2D eigenvalue weighted by atomic mass is 15.1. The molecule has 2 nitrogen and oxygen atoms in total. The Morgan fingerprint density at radius 2 is 1.53 bits per heavy atom. The van der Waals surface area contributed by atoms with Gasteiger partial charge in [-0.1, -0.05) is 47.0 Å². The molecule has 0 aromatic carbocycles. The van der Waals surface area contributed by atoms with Crippen molar-refractivity contribution in [1.29, 1.82) is 0 Å². The molecule has 0 saturated carbocycles. The maximum absolute atomic E-state index is 3.49. The molecule has 2 atom stereocenters. The topological polar surface area (TPSA) is 15.3 Å². The molecule has 0 aromatic rings. The second-order valence-electron chi connectivity index (χ2n) is 5.29. The zero-order valence-corrected chi connectivity index (χ0v) is 12.8. The molecule has 0 aliphatic heterocycles. The first-order chi connectivity index (χ1) is 8.19. The molecule has 2 unspecified atom stereocenters. The second-order valence-corrected chi connectivity index (χ2v) is 5.29. The first kappa shape index (κ1) is 16.9. The van der Waals surface area contributed by atoms with E-state index in [1.807, 2.05) is 0 Å². The van der Waals surface area contributed by atoms with Gasteiger partial charge in [-0.2, -0.15) is 0 Å². The number of hydrogen-bond acceptors (Lipinski definition) is 2. The summed E-state index contributed by atoms with van der Waals surface area (Å²) in [6.07, 6.45) is 6.54. The molecule has 0 amide bonds. The second kappa shape index (κ2) is 11.0. The summed E-state index contributed by atoms with van der Waals surface area (Å²) < 4.78 is 0. The maximum Gasteiger partial charge on any atom is 0.0217 e. The summed E-state index contributed by atoms with van der Waals surface area (Å²) in [5, 5.41) is 3.49. The van der Waals surface area contributed by atoms with Crippen LogP contribution in [0.1, 0.15) is 59.8 Å². The number of unbranched alkanes of at least 4 members (excludes halogenated alkanes) is 2. The Morgan fingerprint density at radius 1 is 1.00 bits per heavy atom. The Balaban J connectivity index is 4.15. The average Bonchev–Trinajstić information content (AvgIpc) is 2.37. The van der Waals surface area contributed by atoms with Crippen molar-refractivity contribution in [3.63, 3.8) is 0 Å². The Hall–Kier alpha value is -0.0800. The van der Waals surface area contributed by atoms with Crippen LogP contribution >= 0.6 is 0 Å². The molecular formula is C15H34N2. The third-order valence-electron chi connectivity index (χ3n) is 3.81. The Kier molecular flexibility index (Phi) is 11.0. The number of likely N-dealkylation sites (N-methyl/N-ethyl adjacent to an activating group) is 1. The van der Waals surface area contributed by atoms with Crippen LogP contribution in [-0.4, -0.2) is 37.6 Å². The summed E-state index contributed by atoms with van der Waals surface area (Å²) in [6, 6.07) is 0.647.